The Morgan fingerprint density at radius 2 is 2.25 bits per heavy atom. The molecule has 44 valence electrons. The molecule has 6 heteroatoms. The van der Waals surface area contributed by atoms with Crippen LogP contribution in [-0.2, 0) is 0 Å². The Kier molecular flexibility index (Phi) is 0.736. The maximum absolute atomic E-state index is 9.92. The van der Waals surface area contributed by atoms with Crippen molar-refractivity contribution in [3.8, 4) is 11.8 Å². The summed E-state index contributed by atoms with van der Waals surface area (Å²) in [4.78, 5) is -0.310. The lowest BCUT2D eigenvalue weighted by Crippen LogP contribution is -2.21. The smallest absolute Gasteiger partial charge is 0.438 e. The zero-order valence-electron chi connectivity index (χ0n) is 3.61. The Morgan fingerprint density at radius 3 is 2.38 bits per heavy atom. The van der Waals surface area contributed by atoms with Gasteiger partial charge >= 0.3 is 11.8 Å². The topological polar surface area (TPSA) is 93.4 Å². The van der Waals surface area contributed by atoms with Crippen molar-refractivity contribution in [2.45, 2.75) is 0 Å². The van der Waals surface area contributed by atoms with E-state index in [4.69, 9.17) is 10.2 Å². The first-order chi connectivity index (χ1) is 3.72. The molecular weight excluding hydrogens is 116 g/mol. The van der Waals surface area contributed by atoms with Crippen LogP contribution < -0.4 is 4.90 Å². The number of hydrogen-bond donors (Lipinski definition) is 2. The predicted octanol–water partition coefficient (Wildman–Crippen LogP) is -1.28. The van der Waals surface area contributed by atoms with Crippen molar-refractivity contribution in [1.82, 2.24) is 5.16 Å². The molecule has 6 nitrogen and oxygen atoms in total. The largest absolute Gasteiger partial charge is 0.469 e. The van der Waals surface area contributed by atoms with Crippen molar-refractivity contribution in [3.05, 3.63) is 5.21 Å². The van der Waals surface area contributed by atoms with Gasteiger partial charge in [0.15, 0.2) is 0 Å². The molecule has 1 heterocycles. The summed E-state index contributed by atoms with van der Waals surface area (Å²) in [5.41, 5.74) is 0. The first-order valence-corrected chi connectivity index (χ1v) is 1.69. The van der Waals surface area contributed by atoms with Crippen LogP contribution in [0.5, 0.6) is 11.8 Å². The van der Waals surface area contributed by atoms with Crippen LogP contribution >= 0.6 is 0 Å². The van der Waals surface area contributed by atoms with Gasteiger partial charge < -0.3 is 15.4 Å². The highest BCUT2D eigenvalue weighted by molar-refractivity contribution is 5.11. The van der Waals surface area contributed by atoms with Crippen molar-refractivity contribution in [2.24, 2.45) is 0 Å². The molecule has 0 bridgehead atoms. The fraction of sp³-hybridized carbons (Fsp3) is 0. The van der Waals surface area contributed by atoms with E-state index in [2.05, 4.69) is 9.79 Å². The molecule has 0 aliphatic rings. The molecule has 0 saturated carbocycles. The van der Waals surface area contributed by atoms with Gasteiger partial charge in [-0.3, -0.25) is 0 Å². The van der Waals surface area contributed by atoms with Crippen molar-refractivity contribution in [1.29, 1.82) is 0 Å². The molecule has 0 atom stereocenters. The molecule has 1 aromatic heterocycles. The van der Waals surface area contributed by atoms with Crippen molar-refractivity contribution in [2.75, 3.05) is 0 Å². The maximum atomic E-state index is 9.92. The van der Waals surface area contributed by atoms with Gasteiger partial charge in [0, 0.05) is 4.90 Å². The zero-order valence-corrected chi connectivity index (χ0v) is 3.61. The van der Waals surface area contributed by atoms with Gasteiger partial charge in [-0.1, -0.05) is 0 Å². The summed E-state index contributed by atoms with van der Waals surface area (Å²) < 4.78 is 3.71. The van der Waals surface area contributed by atoms with Gasteiger partial charge in [0.25, 0.3) is 0 Å². The van der Waals surface area contributed by atoms with E-state index in [-0.39, 0.29) is 4.90 Å². The summed E-state index contributed by atoms with van der Waals surface area (Å²) in [6.45, 7) is 0. The van der Waals surface area contributed by atoms with Crippen LogP contribution in [0.25, 0.3) is 0 Å². The van der Waals surface area contributed by atoms with E-state index >= 15 is 0 Å². The second-order valence-electron chi connectivity index (χ2n) is 1.08. The third kappa shape index (κ3) is 0.427. The fourth-order valence-electron chi connectivity index (χ4n) is 0.237. The average Bonchev–Trinajstić information content (AvgIpc) is 1.98. The molecule has 0 unspecified atom stereocenters. The number of hydrogen-bond acceptors (Lipinski definition) is 5. The minimum atomic E-state index is -0.926. The normalized spacial score (nSPS) is 9.50. The Hall–Kier alpha value is -1.46. The van der Waals surface area contributed by atoms with E-state index in [1.54, 1.807) is 0 Å². The monoisotopic (exact) mass is 118 g/mol. The summed E-state index contributed by atoms with van der Waals surface area (Å²) >= 11 is 0. The van der Waals surface area contributed by atoms with Crippen LogP contribution in [0.1, 0.15) is 0 Å². The highest BCUT2D eigenvalue weighted by Crippen LogP contribution is 2.13. The minimum absolute atomic E-state index is 0.310. The highest BCUT2D eigenvalue weighted by atomic mass is 16.8. The molecule has 0 fully saturated rings. The number of rotatable bonds is 0. The fourth-order valence-corrected chi connectivity index (χ4v) is 0.237. The Balaban J connectivity index is 3.19. The molecule has 8 heavy (non-hydrogen) atoms. The van der Waals surface area contributed by atoms with Gasteiger partial charge in [-0.25, -0.2) is 4.63 Å². The van der Waals surface area contributed by atoms with Crippen LogP contribution in [0.3, 0.4) is 0 Å². The van der Waals surface area contributed by atoms with E-state index in [0.29, 0.717) is 0 Å². The van der Waals surface area contributed by atoms with Crippen molar-refractivity contribution < 1.29 is 19.7 Å². The third-order valence-electron chi connectivity index (χ3n) is 0.574. The molecule has 1 aromatic rings. The molecule has 0 aliphatic carbocycles. The van der Waals surface area contributed by atoms with Gasteiger partial charge in [0.1, 0.15) is 0 Å². The van der Waals surface area contributed by atoms with Gasteiger partial charge in [-0.05, 0) is 0 Å². The Morgan fingerprint density at radius 1 is 1.62 bits per heavy atom. The van der Waals surface area contributed by atoms with Crippen molar-refractivity contribution >= 4 is 0 Å². The molecule has 0 spiro atoms. The van der Waals surface area contributed by atoms with Gasteiger partial charge in [-0.2, -0.15) is 0 Å². The summed E-state index contributed by atoms with van der Waals surface area (Å²) in [6, 6.07) is 0. The molecule has 0 radical (unpaired) electrons. The summed E-state index contributed by atoms with van der Waals surface area (Å²) in [5.74, 6) is -1.73. The predicted molar refractivity (Wildman–Crippen MR) is 18.8 cm³/mol. The van der Waals surface area contributed by atoms with Crippen LogP contribution in [0.15, 0.2) is 4.63 Å². The quantitative estimate of drug-likeness (QED) is 0.414. The van der Waals surface area contributed by atoms with Crippen LogP contribution in [0.2, 0.25) is 0 Å². The third-order valence-corrected chi connectivity index (χ3v) is 0.574. The standard InChI is InChI=1S/C2H2N2O4/c5-1-2(6)4(7)8-3-1/h6H,(H,3,5). The first-order valence-electron chi connectivity index (χ1n) is 1.69. The second-order valence-corrected chi connectivity index (χ2v) is 1.08. The SMILES string of the molecule is [O-][n+]1onc(O)c1O. The van der Waals surface area contributed by atoms with Crippen LogP contribution in [-0.4, -0.2) is 15.4 Å². The van der Waals surface area contributed by atoms with E-state index in [1.165, 1.54) is 0 Å². The van der Waals surface area contributed by atoms with E-state index in [0.717, 1.165) is 0 Å². The molecule has 0 aliphatic heterocycles. The lowest BCUT2D eigenvalue weighted by atomic mass is 10.8. The van der Waals surface area contributed by atoms with E-state index in [1.807, 2.05) is 0 Å². The van der Waals surface area contributed by atoms with E-state index in [9.17, 15) is 5.21 Å². The van der Waals surface area contributed by atoms with Gasteiger partial charge in [-0.15, -0.1) is 0 Å². The highest BCUT2D eigenvalue weighted by Gasteiger charge is 2.14. The van der Waals surface area contributed by atoms with E-state index < -0.39 is 11.8 Å². The first kappa shape index (κ1) is 4.69. The molecule has 0 aromatic carbocycles. The summed E-state index contributed by atoms with van der Waals surface area (Å²) in [5, 5.41) is 29.2. The lowest BCUT2D eigenvalue weighted by molar-refractivity contribution is -0.805. The number of aromatic hydroxyl groups is 2. The number of nitrogens with zero attached hydrogens (tertiary/aromatic N) is 2. The Bertz CT molecular complexity index is 174. The van der Waals surface area contributed by atoms with Crippen LogP contribution in [0.4, 0.5) is 0 Å². The van der Waals surface area contributed by atoms with Crippen LogP contribution in [0, 0.1) is 5.21 Å². The second kappa shape index (κ2) is 1.25. The molecular formula is C2H2N2O4. The summed E-state index contributed by atoms with van der Waals surface area (Å²) in [7, 11) is 0. The molecule has 0 saturated heterocycles. The summed E-state index contributed by atoms with van der Waals surface area (Å²) in [6.07, 6.45) is 0. The van der Waals surface area contributed by atoms with Gasteiger partial charge in [0.2, 0.25) is 0 Å². The average molecular weight is 118 g/mol. The van der Waals surface area contributed by atoms with Crippen molar-refractivity contribution in [3.63, 3.8) is 0 Å². The lowest BCUT2D eigenvalue weighted by Gasteiger charge is -1.79. The minimum Gasteiger partial charge on any atom is -0.469 e. The number of aromatic nitrogens is 2. The molecule has 1 rings (SSSR count). The zero-order chi connectivity index (χ0) is 6.15. The molecule has 0 amide bonds. The molecule has 2 N–H and O–H groups in total. The maximum Gasteiger partial charge on any atom is 0.438 e. The van der Waals surface area contributed by atoms with Gasteiger partial charge in [0.05, 0.1) is 5.16 Å². The Labute approximate surface area is 43.1 Å².